The van der Waals surface area contributed by atoms with Gasteiger partial charge in [0.15, 0.2) is 0 Å². The molecule has 2 fully saturated rings. The van der Waals surface area contributed by atoms with Gasteiger partial charge in [-0.3, -0.25) is 4.79 Å². The number of hydrogen-bond acceptors (Lipinski definition) is 2. The highest BCUT2D eigenvalue weighted by Gasteiger charge is 2.26. The number of rotatable bonds is 3. The second-order valence-corrected chi connectivity index (χ2v) is 5.63. The standard InChI is InChI=1S/C14H26N2O/c1-2-11-6-8-12(9-7-11)16-13-5-3-4-10-15-14(13)17/h11-13,16H,2-10H2,1H3,(H,15,17)/t11?,12?,13-/m0/s1. The first-order chi connectivity index (χ1) is 8.29. The van der Waals surface area contributed by atoms with Crippen LogP contribution in [0.5, 0.6) is 0 Å². The molecule has 1 amide bonds. The van der Waals surface area contributed by atoms with Crippen molar-refractivity contribution in [3.63, 3.8) is 0 Å². The van der Waals surface area contributed by atoms with E-state index in [0.717, 1.165) is 25.3 Å². The lowest BCUT2D eigenvalue weighted by atomic mass is 9.84. The molecular formula is C14H26N2O. The topological polar surface area (TPSA) is 41.1 Å². The van der Waals surface area contributed by atoms with Gasteiger partial charge in [-0.05, 0) is 50.9 Å². The van der Waals surface area contributed by atoms with E-state index in [-0.39, 0.29) is 11.9 Å². The molecule has 17 heavy (non-hydrogen) atoms. The maximum absolute atomic E-state index is 11.8. The molecule has 0 aromatic rings. The van der Waals surface area contributed by atoms with Crippen LogP contribution in [0.15, 0.2) is 0 Å². The van der Waals surface area contributed by atoms with Crippen LogP contribution < -0.4 is 10.6 Å². The highest BCUT2D eigenvalue weighted by molar-refractivity contribution is 5.81. The quantitative estimate of drug-likeness (QED) is 0.791. The van der Waals surface area contributed by atoms with Crippen molar-refractivity contribution in [2.24, 2.45) is 5.92 Å². The molecule has 0 aromatic heterocycles. The van der Waals surface area contributed by atoms with Gasteiger partial charge in [0.25, 0.3) is 0 Å². The predicted octanol–water partition coefficient (Wildman–Crippen LogP) is 2.21. The van der Waals surface area contributed by atoms with Gasteiger partial charge in [0.05, 0.1) is 6.04 Å². The van der Waals surface area contributed by atoms with Crippen LogP contribution in [-0.2, 0) is 4.79 Å². The fourth-order valence-corrected chi connectivity index (χ4v) is 3.12. The molecule has 0 bridgehead atoms. The largest absolute Gasteiger partial charge is 0.355 e. The number of carbonyl (C=O) groups excluding carboxylic acids is 1. The summed E-state index contributed by atoms with van der Waals surface area (Å²) in [4.78, 5) is 11.8. The second-order valence-electron chi connectivity index (χ2n) is 5.63. The predicted molar refractivity (Wildman–Crippen MR) is 69.8 cm³/mol. The van der Waals surface area contributed by atoms with E-state index >= 15 is 0 Å². The zero-order valence-electron chi connectivity index (χ0n) is 11.0. The molecule has 0 unspecified atom stereocenters. The smallest absolute Gasteiger partial charge is 0.237 e. The first-order valence-corrected chi connectivity index (χ1v) is 7.33. The minimum absolute atomic E-state index is 0.0701. The third kappa shape index (κ3) is 3.70. The Balaban J connectivity index is 1.78. The van der Waals surface area contributed by atoms with Crippen molar-refractivity contribution in [3.05, 3.63) is 0 Å². The molecule has 1 saturated carbocycles. The van der Waals surface area contributed by atoms with Crippen molar-refractivity contribution in [2.45, 2.75) is 70.4 Å². The number of nitrogens with one attached hydrogen (secondary N) is 2. The second kappa shape index (κ2) is 6.39. The van der Waals surface area contributed by atoms with Crippen LogP contribution in [0.2, 0.25) is 0 Å². The number of amides is 1. The molecule has 1 aliphatic carbocycles. The van der Waals surface area contributed by atoms with Gasteiger partial charge in [0.1, 0.15) is 0 Å². The molecule has 0 spiro atoms. The van der Waals surface area contributed by atoms with E-state index in [1.54, 1.807) is 0 Å². The van der Waals surface area contributed by atoms with E-state index in [1.807, 2.05) is 0 Å². The number of hydrogen-bond donors (Lipinski definition) is 2. The molecule has 0 radical (unpaired) electrons. The van der Waals surface area contributed by atoms with Gasteiger partial charge in [-0.15, -0.1) is 0 Å². The van der Waals surface area contributed by atoms with Crippen LogP contribution in [0, 0.1) is 5.92 Å². The van der Waals surface area contributed by atoms with Crippen LogP contribution in [0.1, 0.15) is 58.3 Å². The highest BCUT2D eigenvalue weighted by Crippen LogP contribution is 2.27. The maximum Gasteiger partial charge on any atom is 0.237 e. The van der Waals surface area contributed by atoms with E-state index in [4.69, 9.17) is 0 Å². The average molecular weight is 238 g/mol. The monoisotopic (exact) mass is 238 g/mol. The first-order valence-electron chi connectivity index (χ1n) is 7.33. The Hall–Kier alpha value is -0.570. The van der Waals surface area contributed by atoms with Crippen molar-refractivity contribution < 1.29 is 4.79 Å². The van der Waals surface area contributed by atoms with Crippen molar-refractivity contribution in [1.82, 2.24) is 10.6 Å². The normalized spacial score (nSPS) is 35.1. The zero-order valence-corrected chi connectivity index (χ0v) is 11.0. The number of carbonyl (C=O) groups is 1. The summed E-state index contributed by atoms with van der Waals surface area (Å²) >= 11 is 0. The summed E-state index contributed by atoms with van der Waals surface area (Å²) in [5.41, 5.74) is 0. The van der Waals surface area contributed by atoms with Gasteiger partial charge in [-0.2, -0.15) is 0 Å². The molecule has 2 aliphatic rings. The van der Waals surface area contributed by atoms with E-state index in [2.05, 4.69) is 17.6 Å². The fourth-order valence-electron chi connectivity index (χ4n) is 3.12. The van der Waals surface area contributed by atoms with E-state index < -0.39 is 0 Å². The lowest BCUT2D eigenvalue weighted by molar-refractivity contribution is -0.123. The summed E-state index contributed by atoms with van der Waals surface area (Å²) in [6.45, 7) is 3.15. The van der Waals surface area contributed by atoms with Crippen LogP contribution in [0.25, 0.3) is 0 Å². The molecule has 1 atom stereocenters. The lowest BCUT2D eigenvalue weighted by Crippen LogP contribution is -2.48. The van der Waals surface area contributed by atoms with Gasteiger partial charge >= 0.3 is 0 Å². The lowest BCUT2D eigenvalue weighted by Gasteiger charge is -2.31. The van der Waals surface area contributed by atoms with Crippen molar-refractivity contribution in [3.8, 4) is 0 Å². The molecule has 3 heteroatoms. The van der Waals surface area contributed by atoms with Crippen molar-refractivity contribution in [2.75, 3.05) is 6.54 Å². The maximum atomic E-state index is 11.8. The Bertz CT molecular complexity index is 247. The molecular weight excluding hydrogens is 212 g/mol. The van der Waals surface area contributed by atoms with Gasteiger partial charge in [0.2, 0.25) is 5.91 Å². The van der Waals surface area contributed by atoms with E-state index in [9.17, 15) is 4.79 Å². The van der Waals surface area contributed by atoms with Gasteiger partial charge in [-0.25, -0.2) is 0 Å². The minimum atomic E-state index is 0.0701. The van der Waals surface area contributed by atoms with E-state index in [0.29, 0.717) is 6.04 Å². The summed E-state index contributed by atoms with van der Waals surface area (Å²) in [6, 6.07) is 0.646. The van der Waals surface area contributed by atoms with Gasteiger partial charge in [0, 0.05) is 12.6 Å². The Labute approximate surface area is 105 Å². The van der Waals surface area contributed by atoms with E-state index in [1.165, 1.54) is 38.5 Å². The highest BCUT2D eigenvalue weighted by atomic mass is 16.2. The molecule has 1 saturated heterocycles. The first kappa shape index (κ1) is 12.9. The van der Waals surface area contributed by atoms with Gasteiger partial charge in [-0.1, -0.05) is 13.3 Å². The van der Waals surface area contributed by atoms with Gasteiger partial charge < -0.3 is 10.6 Å². The summed E-state index contributed by atoms with van der Waals surface area (Å²) in [5.74, 6) is 1.15. The molecule has 0 aromatic carbocycles. The Morgan fingerprint density at radius 3 is 2.65 bits per heavy atom. The summed E-state index contributed by atoms with van der Waals surface area (Å²) in [5, 5.41) is 6.58. The molecule has 2 N–H and O–H groups in total. The van der Waals surface area contributed by atoms with Crippen LogP contribution >= 0.6 is 0 Å². The Morgan fingerprint density at radius 2 is 1.94 bits per heavy atom. The zero-order chi connectivity index (χ0) is 12.1. The summed E-state index contributed by atoms with van der Waals surface area (Å²) in [6.07, 6.45) is 9.80. The third-order valence-electron chi connectivity index (χ3n) is 4.40. The van der Waals surface area contributed by atoms with Crippen molar-refractivity contribution >= 4 is 5.91 Å². The molecule has 2 rings (SSSR count). The summed E-state index contributed by atoms with van der Waals surface area (Å²) < 4.78 is 0. The molecule has 98 valence electrons. The van der Waals surface area contributed by atoms with Crippen LogP contribution in [0.4, 0.5) is 0 Å². The van der Waals surface area contributed by atoms with Crippen molar-refractivity contribution in [1.29, 1.82) is 0 Å². The molecule has 3 nitrogen and oxygen atoms in total. The third-order valence-corrected chi connectivity index (χ3v) is 4.40. The van der Waals surface area contributed by atoms with Crippen LogP contribution in [-0.4, -0.2) is 24.5 Å². The molecule has 1 aliphatic heterocycles. The SMILES string of the molecule is CCC1CCC(N[C@H]2CCCCNC2=O)CC1. The molecule has 1 heterocycles. The Kier molecular flexibility index (Phi) is 4.84. The Morgan fingerprint density at radius 1 is 1.18 bits per heavy atom. The summed E-state index contributed by atoms with van der Waals surface area (Å²) in [7, 11) is 0. The van der Waals surface area contributed by atoms with Crippen LogP contribution in [0.3, 0.4) is 0 Å². The fraction of sp³-hybridized carbons (Fsp3) is 0.929. The average Bonchev–Trinajstić information content (AvgIpc) is 2.56. The minimum Gasteiger partial charge on any atom is -0.355 e.